The molecule has 0 amide bonds. The third kappa shape index (κ3) is 1.76. The van der Waals surface area contributed by atoms with E-state index in [0.29, 0.717) is 18.9 Å². The van der Waals surface area contributed by atoms with E-state index < -0.39 is 5.82 Å². The Labute approximate surface area is 80.7 Å². The maximum absolute atomic E-state index is 13.0. The van der Waals surface area contributed by atoms with Crippen LogP contribution in [0.3, 0.4) is 0 Å². The first-order valence-corrected chi connectivity index (χ1v) is 4.46. The van der Waals surface area contributed by atoms with E-state index in [1.807, 2.05) is 0 Å². The van der Waals surface area contributed by atoms with Crippen LogP contribution in [-0.4, -0.2) is 13.2 Å². The Bertz CT molecular complexity index is 299. The molecule has 2 nitrogen and oxygen atoms in total. The Morgan fingerprint density at radius 2 is 2.31 bits per heavy atom. The van der Waals surface area contributed by atoms with Gasteiger partial charge in [0.1, 0.15) is 18.2 Å². The minimum absolute atomic E-state index is 0.144. The average molecular weight is 202 g/mol. The topological polar surface area (TPSA) is 21.3 Å². The molecule has 70 valence electrons. The third-order valence-corrected chi connectivity index (χ3v) is 2.24. The van der Waals surface area contributed by atoms with Crippen LogP contribution in [-0.2, 0) is 6.54 Å². The van der Waals surface area contributed by atoms with E-state index in [0.717, 1.165) is 12.1 Å². The van der Waals surface area contributed by atoms with Crippen molar-refractivity contribution in [1.82, 2.24) is 5.32 Å². The Hall–Kier alpha value is -0.800. The second-order valence-corrected chi connectivity index (χ2v) is 3.31. The fourth-order valence-electron chi connectivity index (χ4n) is 1.30. The van der Waals surface area contributed by atoms with E-state index in [1.165, 1.54) is 6.07 Å². The molecule has 0 bridgehead atoms. The Balaban J connectivity index is 2.43. The van der Waals surface area contributed by atoms with Crippen LogP contribution in [0.15, 0.2) is 12.1 Å². The second-order valence-electron chi connectivity index (χ2n) is 2.90. The lowest BCUT2D eigenvalue weighted by Gasteiger charge is -2.06. The van der Waals surface area contributed by atoms with E-state index in [1.54, 1.807) is 6.07 Å². The summed E-state index contributed by atoms with van der Waals surface area (Å²) in [5.74, 6) is 0.161. The quantitative estimate of drug-likeness (QED) is 0.693. The number of halogens is 2. The van der Waals surface area contributed by atoms with Crippen molar-refractivity contribution in [3.8, 4) is 5.75 Å². The van der Waals surface area contributed by atoms with Crippen LogP contribution in [0.1, 0.15) is 5.56 Å². The molecule has 0 unspecified atom stereocenters. The predicted molar refractivity (Wildman–Crippen MR) is 48.6 cm³/mol. The van der Waals surface area contributed by atoms with E-state index in [-0.39, 0.29) is 5.02 Å². The molecule has 1 aliphatic heterocycles. The van der Waals surface area contributed by atoms with Crippen molar-refractivity contribution in [2.75, 3.05) is 13.2 Å². The maximum atomic E-state index is 13.0. The molecule has 13 heavy (non-hydrogen) atoms. The van der Waals surface area contributed by atoms with Gasteiger partial charge < -0.3 is 10.1 Å². The molecule has 4 heteroatoms. The smallest absolute Gasteiger partial charge is 0.145 e. The fourth-order valence-corrected chi connectivity index (χ4v) is 1.48. The molecule has 1 aromatic rings. The van der Waals surface area contributed by atoms with Crippen molar-refractivity contribution in [3.05, 3.63) is 28.5 Å². The molecular formula is C9H9ClFNO. The summed E-state index contributed by atoms with van der Waals surface area (Å²) in [6.07, 6.45) is 0. The van der Waals surface area contributed by atoms with Crippen molar-refractivity contribution in [1.29, 1.82) is 0 Å². The van der Waals surface area contributed by atoms with Gasteiger partial charge in [0, 0.05) is 24.7 Å². The summed E-state index contributed by atoms with van der Waals surface area (Å²) >= 11 is 5.64. The molecule has 0 saturated heterocycles. The number of benzene rings is 1. The van der Waals surface area contributed by atoms with Gasteiger partial charge in [-0.05, 0) is 6.07 Å². The lowest BCUT2D eigenvalue weighted by molar-refractivity contribution is 0.324. The molecule has 0 spiro atoms. The van der Waals surface area contributed by atoms with Gasteiger partial charge in [-0.2, -0.15) is 0 Å². The van der Waals surface area contributed by atoms with Gasteiger partial charge in [0.2, 0.25) is 0 Å². The summed E-state index contributed by atoms with van der Waals surface area (Å²) in [6, 6.07) is 2.94. The normalized spacial score (nSPS) is 15.8. The molecular weight excluding hydrogens is 193 g/mol. The summed E-state index contributed by atoms with van der Waals surface area (Å²) < 4.78 is 18.3. The van der Waals surface area contributed by atoms with Gasteiger partial charge in [0.05, 0.1) is 5.02 Å². The van der Waals surface area contributed by atoms with Gasteiger partial charge in [0.25, 0.3) is 0 Å². The number of hydrogen-bond donors (Lipinski definition) is 1. The van der Waals surface area contributed by atoms with Crippen molar-refractivity contribution < 1.29 is 9.13 Å². The van der Waals surface area contributed by atoms with Crippen LogP contribution in [0.25, 0.3) is 0 Å². The second kappa shape index (κ2) is 3.52. The molecule has 1 aromatic carbocycles. The highest BCUT2D eigenvalue weighted by Crippen LogP contribution is 2.26. The Kier molecular flexibility index (Phi) is 2.38. The summed E-state index contributed by atoms with van der Waals surface area (Å²) in [5, 5.41) is 3.29. The number of ether oxygens (including phenoxy) is 1. The highest BCUT2D eigenvalue weighted by molar-refractivity contribution is 6.30. The zero-order chi connectivity index (χ0) is 9.26. The highest BCUT2D eigenvalue weighted by Gasteiger charge is 2.11. The Morgan fingerprint density at radius 1 is 1.46 bits per heavy atom. The SMILES string of the molecule is Fc1cc2c(cc1Cl)CNCCO2. The zero-order valence-electron chi connectivity index (χ0n) is 6.94. The predicted octanol–water partition coefficient (Wildman–Crippen LogP) is 1.96. The first-order valence-electron chi connectivity index (χ1n) is 4.09. The van der Waals surface area contributed by atoms with Crippen molar-refractivity contribution in [2.24, 2.45) is 0 Å². The van der Waals surface area contributed by atoms with Crippen LogP contribution < -0.4 is 10.1 Å². The van der Waals surface area contributed by atoms with E-state index in [4.69, 9.17) is 16.3 Å². The third-order valence-electron chi connectivity index (χ3n) is 1.96. The van der Waals surface area contributed by atoms with Gasteiger partial charge in [-0.1, -0.05) is 11.6 Å². The summed E-state index contributed by atoms with van der Waals surface area (Å²) in [6.45, 7) is 2.01. The van der Waals surface area contributed by atoms with Gasteiger partial charge in [-0.25, -0.2) is 4.39 Å². The number of nitrogens with one attached hydrogen (secondary N) is 1. The number of fused-ring (bicyclic) bond motifs is 1. The molecule has 0 aliphatic carbocycles. The highest BCUT2D eigenvalue weighted by atomic mass is 35.5. The minimum Gasteiger partial charge on any atom is -0.492 e. The fraction of sp³-hybridized carbons (Fsp3) is 0.333. The van der Waals surface area contributed by atoms with Gasteiger partial charge in [-0.3, -0.25) is 0 Å². The molecule has 1 aliphatic rings. The van der Waals surface area contributed by atoms with Crippen LogP contribution in [0.5, 0.6) is 5.75 Å². The average Bonchev–Trinajstić information content (AvgIpc) is 2.31. The summed E-state index contributed by atoms with van der Waals surface area (Å²) in [5.41, 5.74) is 0.906. The zero-order valence-corrected chi connectivity index (χ0v) is 7.70. The molecule has 0 aromatic heterocycles. The molecule has 1 N–H and O–H groups in total. The van der Waals surface area contributed by atoms with Crippen molar-refractivity contribution >= 4 is 11.6 Å². The largest absolute Gasteiger partial charge is 0.492 e. The first kappa shape index (κ1) is 8.78. The van der Waals surface area contributed by atoms with E-state index >= 15 is 0 Å². The number of rotatable bonds is 0. The summed E-state index contributed by atoms with van der Waals surface area (Å²) in [4.78, 5) is 0. The first-order chi connectivity index (χ1) is 6.27. The minimum atomic E-state index is -0.428. The maximum Gasteiger partial charge on any atom is 0.145 e. The van der Waals surface area contributed by atoms with E-state index in [2.05, 4.69) is 5.32 Å². The molecule has 2 rings (SSSR count). The molecule has 0 radical (unpaired) electrons. The van der Waals surface area contributed by atoms with Gasteiger partial charge in [-0.15, -0.1) is 0 Å². The van der Waals surface area contributed by atoms with Crippen LogP contribution >= 0.6 is 11.6 Å². The monoisotopic (exact) mass is 201 g/mol. The molecule has 0 atom stereocenters. The van der Waals surface area contributed by atoms with Crippen LogP contribution in [0.2, 0.25) is 5.02 Å². The standard InChI is InChI=1S/C9H9ClFNO/c10-7-3-6-5-12-1-2-13-9(6)4-8(7)11/h3-4,12H,1-2,5H2. The summed E-state index contributed by atoms with van der Waals surface area (Å²) in [7, 11) is 0. The van der Waals surface area contributed by atoms with Gasteiger partial charge in [0.15, 0.2) is 0 Å². The Morgan fingerprint density at radius 3 is 3.15 bits per heavy atom. The molecule has 1 heterocycles. The van der Waals surface area contributed by atoms with E-state index in [9.17, 15) is 4.39 Å². The van der Waals surface area contributed by atoms with Crippen molar-refractivity contribution in [2.45, 2.75) is 6.54 Å². The van der Waals surface area contributed by atoms with Gasteiger partial charge >= 0.3 is 0 Å². The molecule has 0 saturated carbocycles. The number of hydrogen-bond acceptors (Lipinski definition) is 2. The van der Waals surface area contributed by atoms with Crippen LogP contribution in [0, 0.1) is 5.82 Å². The lowest BCUT2D eigenvalue weighted by Crippen LogP contribution is -2.16. The van der Waals surface area contributed by atoms with Crippen LogP contribution in [0.4, 0.5) is 4.39 Å². The van der Waals surface area contributed by atoms with Crippen molar-refractivity contribution in [3.63, 3.8) is 0 Å². The lowest BCUT2D eigenvalue weighted by atomic mass is 10.2. The molecule has 0 fully saturated rings.